The topological polar surface area (TPSA) is 155 Å². The van der Waals surface area contributed by atoms with Crippen molar-refractivity contribution < 1.29 is 19.1 Å². The smallest absolute Gasteiger partial charge is 0.407 e. The summed E-state index contributed by atoms with van der Waals surface area (Å²) in [6.45, 7) is 20.8. The SMILES string of the molecule is CCN(CC)CCNc1nc(NCCCNC(=O)OC(C)(C)C)nc(NCCCNC(=O)OC(C)(C)C)n1. The Morgan fingerprint density at radius 2 is 1.03 bits per heavy atom. The molecule has 0 bridgehead atoms. The standard InChI is InChI=1S/C25H49N9O4/c1-9-34(10-2)18-17-28-21-32-19(26-13-11-15-29-22(35)37-24(3,4)5)31-20(33-21)27-14-12-16-30-23(36)38-25(6,7)8/h9-18H2,1-8H3,(H,29,35)(H,30,36)(H3,26,27,28,31,32,33). The third-order valence-electron chi connectivity index (χ3n) is 4.85. The van der Waals surface area contributed by atoms with E-state index < -0.39 is 23.4 Å². The molecule has 1 heterocycles. The first-order valence-electron chi connectivity index (χ1n) is 13.4. The molecule has 0 fully saturated rings. The molecule has 13 nitrogen and oxygen atoms in total. The number of rotatable bonds is 16. The molecule has 0 radical (unpaired) electrons. The zero-order valence-electron chi connectivity index (χ0n) is 24.5. The van der Waals surface area contributed by atoms with E-state index in [1.807, 2.05) is 41.5 Å². The van der Waals surface area contributed by atoms with Crippen molar-refractivity contribution in [2.24, 2.45) is 0 Å². The number of carbonyl (C=O) groups excluding carboxylic acids is 2. The van der Waals surface area contributed by atoms with Crippen LogP contribution in [0.5, 0.6) is 0 Å². The van der Waals surface area contributed by atoms with E-state index in [-0.39, 0.29) is 0 Å². The molecule has 2 amide bonds. The second kappa shape index (κ2) is 16.7. The van der Waals surface area contributed by atoms with E-state index in [4.69, 9.17) is 9.47 Å². The molecule has 1 aromatic heterocycles. The third-order valence-corrected chi connectivity index (χ3v) is 4.85. The maximum Gasteiger partial charge on any atom is 0.407 e. The van der Waals surface area contributed by atoms with E-state index in [1.54, 1.807) is 0 Å². The highest BCUT2D eigenvalue weighted by Gasteiger charge is 2.16. The fraction of sp³-hybridized carbons (Fsp3) is 0.800. The van der Waals surface area contributed by atoms with Gasteiger partial charge in [0.05, 0.1) is 0 Å². The summed E-state index contributed by atoms with van der Waals surface area (Å²) >= 11 is 0. The van der Waals surface area contributed by atoms with Crippen LogP contribution in [0.1, 0.15) is 68.2 Å². The minimum atomic E-state index is -0.531. The van der Waals surface area contributed by atoms with E-state index in [0.717, 1.165) is 19.6 Å². The molecule has 0 aliphatic carbocycles. The number of hydrogen-bond donors (Lipinski definition) is 5. The zero-order chi connectivity index (χ0) is 28.6. The van der Waals surface area contributed by atoms with Gasteiger partial charge in [0.25, 0.3) is 0 Å². The molecule has 0 saturated carbocycles. The molecule has 0 aliphatic rings. The number of nitrogens with zero attached hydrogens (tertiary/aromatic N) is 4. The van der Waals surface area contributed by atoms with Crippen LogP contribution in [0.15, 0.2) is 0 Å². The van der Waals surface area contributed by atoms with Gasteiger partial charge in [-0.3, -0.25) is 0 Å². The van der Waals surface area contributed by atoms with Crippen molar-refractivity contribution in [1.82, 2.24) is 30.5 Å². The lowest BCUT2D eigenvalue weighted by molar-refractivity contribution is 0.0516. The van der Waals surface area contributed by atoms with Crippen molar-refractivity contribution in [3.8, 4) is 0 Å². The lowest BCUT2D eigenvalue weighted by Gasteiger charge is -2.19. The van der Waals surface area contributed by atoms with Gasteiger partial charge in [-0.25, -0.2) is 9.59 Å². The Bertz CT molecular complexity index is 781. The second-order valence-corrected chi connectivity index (χ2v) is 10.7. The highest BCUT2D eigenvalue weighted by molar-refractivity contribution is 5.67. The number of amides is 2. The summed E-state index contributed by atoms with van der Waals surface area (Å²) in [4.78, 5) is 39.3. The van der Waals surface area contributed by atoms with Crippen molar-refractivity contribution in [2.75, 3.05) is 68.3 Å². The highest BCUT2D eigenvalue weighted by Crippen LogP contribution is 2.10. The van der Waals surface area contributed by atoms with Gasteiger partial charge in [-0.05, 0) is 67.5 Å². The fourth-order valence-corrected chi connectivity index (χ4v) is 3.07. The molecule has 1 rings (SSSR count). The maximum absolute atomic E-state index is 11.8. The van der Waals surface area contributed by atoms with Crippen LogP contribution in [0.25, 0.3) is 0 Å². The number of likely N-dealkylation sites (N-methyl/N-ethyl adjacent to an activating group) is 1. The van der Waals surface area contributed by atoms with E-state index in [9.17, 15) is 9.59 Å². The summed E-state index contributed by atoms with van der Waals surface area (Å²) in [5.41, 5.74) is -1.06. The first kappa shape index (κ1) is 32.9. The second-order valence-electron chi connectivity index (χ2n) is 10.7. The van der Waals surface area contributed by atoms with Gasteiger partial charge >= 0.3 is 12.2 Å². The minimum Gasteiger partial charge on any atom is -0.444 e. The van der Waals surface area contributed by atoms with Crippen molar-refractivity contribution in [3.05, 3.63) is 0 Å². The number of carbonyl (C=O) groups is 2. The van der Waals surface area contributed by atoms with Crippen molar-refractivity contribution in [3.63, 3.8) is 0 Å². The van der Waals surface area contributed by atoms with Crippen LogP contribution in [0, 0.1) is 0 Å². The molecular weight excluding hydrogens is 490 g/mol. The Balaban J connectivity index is 2.60. The van der Waals surface area contributed by atoms with Gasteiger partial charge in [-0.15, -0.1) is 0 Å². The summed E-state index contributed by atoms with van der Waals surface area (Å²) in [6.07, 6.45) is 0.443. The van der Waals surface area contributed by atoms with Gasteiger partial charge in [0.1, 0.15) is 11.2 Å². The van der Waals surface area contributed by atoms with Crippen LogP contribution < -0.4 is 26.6 Å². The average molecular weight is 540 g/mol. The van der Waals surface area contributed by atoms with Gasteiger partial charge in [-0.1, -0.05) is 13.8 Å². The van der Waals surface area contributed by atoms with Crippen LogP contribution >= 0.6 is 0 Å². The van der Waals surface area contributed by atoms with Gasteiger partial charge in [0.15, 0.2) is 0 Å². The lowest BCUT2D eigenvalue weighted by Crippen LogP contribution is -2.33. The zero-order valence-corrected chi connectivity index (χ0v) is 24.5. The molecule has 0 atom stereocenters. The summed E-state index contributed by atoms with van der Waals surface area (Å²) in [5.74, 6) is 1.32. The average Bonchev–Trinajstić information content (AvgIpc) is 2.79. The molecule has 0 spiro atoms. The van der Waals surface area contributed by atoms with Crippen molar-refractivity contribution in [2.45, 2.75) is 79.4 Å². The highest BCUT2D eigenvalue weighted by atomic mass is 16.6. The van der Waals surface area contributed by atoms with E-state index in [0.29, 0.717) is 63.4 Å². The predicted molar refractivity (Wildman–Crippen MR) is 151 cm³/mol. The van der Waals surface area contributed by atoms with E-state index in [2.05, 4.69) is 60.3 Å². The maximum atomic E-state index is 11.8. The minimum absolute atomic E-state index is 0.428. The molecule has 0 aliphatic heterocycles. The van der Waals surface area contributed by atoms with Crippen LogP contribution in [0.2, 0.25) is 0 Å². The third kappa shape index (κ3) is 16.6. The molecule has 218 valence electrons. The Kier molecular flexibility index (Phi) is 14.5. The Morgan fingerprint density at radius 1 is 0.658 bits per heavy atom. The Morgan fingerprint density at radius 3 is 1.37 bits per heavy atom. The lowest BCUT2D eigenvalue weighted by atomic mass is 10.2. The number of aromatic nitrogens is 3. The summed E-state index contributed by atoms with van der Waals surface area (Å²) in [6, 6.07) is 0. The van der Waals surface area contributed by atoms with Crippen LogP contribution in [-0.2, 0) is 9.47 Å². The van der Waals surface area contributed by atoms with Gasteiger partial charge < -0.3 is 41.0 Å². The number of nitrogens with one attached hydrogen (secondary N) is 5. The van der Waals surface area contributed by atoms with Crippen molar-refractivity contribution in [1.29, 1.82) is 0 Å². The monoisotopic (exact) mass is 539 g/mol. The molecule has 0 aromatic carbocycles. The van der Waals surface area contributed by atoms with Gasteiger partial charge in [0.2, 0.25) is 17.8 Å². The molecule has 0 saturated heterocycles. The largest absolute Gasteiger partial charge is 0.444 e. The Labute approximate surface area is 227 Å². The number of ether oxygens (including phenoxy) is 2. The fourth-order valence-electron chi connectivity index (χ4n) is 3.07. The number of hydrogen-bond acceptors (Lipinski definition) is 11. The summed E-state index contributed by atoms with van der Waals surface area (Å²) in [7, 11) is 0. The molecule has 1 aromatic rings. The summed E-state index contributed by atoms with van der Waals surface area (Å²) < 4.78 is 10.5. The van der Waals surface area contributed by atoms with Gasteiger partial charge in [0, 0.05) is 39.3 Å². The number of anilines is 3. The first-order chi connectivity index (χ1) is 17.8. The quantitative estimate of drug-likeness (QED) is 0.197. The number of alkyl carbamates (subject to hydrolysis) is 2. The molecule has 0 unspecified atom stereocenters. The Hall–Kier alpha value is -3.09. The van der Waals surface area contributed by atoms with E-state index >= 15 is 0 Å². The molecule has 38 heavy (non-hydrogen) atoms. The molecule has 5 N–H and O–H groups in total. The first-order valence-corrected chi connectivity index (χ1v) is 13.4. The van der Waals surface area contributed by atoms with Crippen molar-refractivity contribution >= 4 is 30.0 Å². The van der Waals surface area contributed by atoms with E-state index in [1.165, 1.54) is 0 Å². The predicted octanol–water partition coefficient (Wildman–Crippen LogP) is 3.28. The van der Waals surface area contributed by atoms with Crippen LogP contribution in [0.3, 0.4) is 0 Å². The van der Waals surface area contributed by atoms with Crippen LogP contribution in [-0.4, -0.2) is 95.6 Å². The van der Waals surface area contributed by atoms with Gasteiger partial charge in [-0.2, -0.15) is 15.0 Å². The molecular formula is C25H49N9O4. The van der Waals surface area contributed by atoms with Crippen LogP contribution in [0.4, 0.5) is 27.4 Å². The molecule has 13 heteroatoms. The normalized spacial score (nSPS) is 11.6. The summed E-state index contributed by atoms with van der Waals surface area (Å²) in [5, 5.41) is 15.1.